The average molecular weight is 561 g/mol. The fourth-order valence-corrected chi connectivity index (χ4v) is 2.65. The first kappa shape index (κ1) is 31.8. The molecule has 3 atom stereocenters. The number of nitrogens with one attached hydrogen (secondary N) is 2. The Kier molecular flexibility index (Phi) is 10.4. The number of hydrogen-bond donors (Lipinski definition) is 3. The van der Waals surface area contributed by atoms with E-state index in [0.29, 0.717) is 25.7 Å². The molecular formula is C19H19N3O17. The molecule has 0 bridgehead atoms. The highest BCUT2D eigenvalue weighted by molar-refractivity contribution is 6.33. The van der Waals surface area contributed by atoms with Crippen molar-refractivity contribution in [3.63, 3.8) is 0 Å². The van der Waals surface area contributed by atoms with Gasteiger partial charge in [0.15, 0.2) is 11.6 Å². The molecule has 0 aliphatic carbocycles. The largest absolute Gasteiger partial charge is 0.421 e. The van der Waals surface area contributed by atoms with Gasteiger partial charge >= 0.3 is 35.8 Å². The highest BCUT2D eigenvalue weighted by atomic mass is 17.2. The first-order valence-electron chi connectivity index (χ1n) is 10.1. The van der Waals surface area contributed by atoms with Crippen LogP contribution >= 0.6 is 0 Å². The highest BCUT2D eigenvalue weighted by Crippen LogP contribution is 2.33. The van der Waals surface area contributed by atoms with Crippen LogP contribution in [-0.4, -0.2) is 93.7 Å². The molecule has 212 valence electrons. The summed E-state index contributed by atoms with van der Waals surface area (Å²) in [4.78, 5) is 142. The summed E-state index contributed by atoms with van der Waals surface area (Å²) in [7, 11) is 0.973. The summed E-state index contributed by atoms with van der Waals surface area (Å²) in [5.41, 5.74) is -3.74. The predicted molar refractivity (Wildman–Crippen MR) is 109 cm³/mol. The van der Waals surface area contributed by atoms with E-state index in [1.807, 2.05) is 5.32 Å². The van der Waals surface area contributed by atoms with E-state index in [-0.39, 0.29) is 0 Å². The van der Waals surface area contributed by atoms with Crippen LogP contribution in [0.25, 0.3) is 0 Å². The third kappa shape index (κ3) is 7.85. The maximum Gasteiger partial charge on any atom is 0.421 e. The molecule has 39 heavy (non-hydrogen) atoms. The Morgan fingerprint density at radius 2 is 1.28 bits per heavy atom. The Hall–Kier alpha value is -5.27. The molecule has 1 amide bonds. The van der Waals surface area contributed by atoms with Gasteiger partial charge in [-0.05, 0) is 0 Å². The SMILES string of the molecule is CC(=O)C(=O)OOC(=O)CC(O)(C(=O)OOC(=O)C(C)=O)C(C(=O)OOC(=O)C(C)=O)C1C(=O)NC(=N)N1C. The van der Waals surface area contributed by atoms with E-state index in [2.05, 4.69) is 29.3 Å². The average Bonchev–Trinajstić information content (AvgIpc) is 3.09. The van der Waals surface area contributed by atoms with Crippen molar-refractivity contribution >= 4 is 65.0 Å². The zero-order chi connectivity index (χ0) is 30.2. The van der Waals surface area contributed by atoms with Gasteiger partial charge in [0.05, 0.1) is 6.42 Å². The predicted octanol–water partition coefficient (Wildman–Crippen LogP) is -4.14. The number of aliphatic hydroxyl groups is 1. The number of carbonyl (C=O) groups excluding carboxylic acids is 10. The van der Waals surface area contributed by atoms with Gasteiger partial charge in [0.1, 0.15) is 12.0 Å². The van der Waals surface area contributed by atoms with Gasteiger partial charge in [0, 0.05) is 27.8 Å². The lowest BCUT2D eigenvalue weighted by molar-refractivity contribution is -0.283. The number of guanidine groups is 1. The number of amides is 1. The van der Waals surface area contributed by atoms with Crippen LogP contribution in [0.4, 0.5) is 0 Å². The standard InChI is InChI=1S/C19H19N3O17/c1-6(23)13(28)35-34-9(26)5-19(33,17(32)39-37-15(30)8(3)25)10(11-12(27)21-18(20)22(11)4)16(31)38-36-14(29)7(2)24/h10-11,33H,5H2,1-4H3,(H2,20,21,27). The molecule has 0 saturated carbocycles. The van der Waals surface area contributed by atoms with Gasteiger partial charge in [-0.3, -0.25) is 29.9 Å². The van der Waals surface area contributed by atoms with Crippen molar-refractivity contribution in [1.29, 1.82) is 5.41 Å². The van der Waals surface area contributed by atoms with Gasteiger partial charge in [0.2, 0.25) is 23.3 Å². The Morgan fingerprint density at radius 1 is 0.846 bits per heavy atom. The summed E-state index contributed by atoms with van der Waals surface area (Å²) in [5.74, 6) is -20.1. The molecule has 0 aromatic rings. The Morgan fingerprint density at radius 3 is 1.69 bits per heavy atom. The summed E-state index contributed by atoms with van der Waals surface area (Å²) in [6, 6.07) is -2.14. The molecule has 0 radical (unpaired) electrons. The molecule has 0 aromatic carbocycles. The lowest BCUT2D eigenvalue weighted by Crippen LogP contribution is -2.60. The fraction of sp³-hybridized carbons (Fsp3) is 0.421. The third-order valence-electron chi connectivity index (χ3n) is 4.60. The Labute approximate surface area is 215 Å². The minimum absolute atomic E-state index is 0.627. The monoisotopic (exact) mass is 561 g/mol. The van der Waals surface area contributed by atoms with E-state index >= 15 is 0 Å². The van der Waals surface area contributed by atoms with Gasteiger partial charge in [-0.1, -0.05) is 0 Å². The van der Waals surface area contributed by atoms with Crippen LogP contribution in [-0.2, 0) is 77.3 Å². The summed E-state index contributed by atoms with van der Waals surface area (Å²) in [6.45, 7) is 2.09. The molecule has 20 nitrogen and oxygen atoms in total. The fourth-order valence-electron chi connectivity index (χ4n) is 2.65. The van der Waals surface area contributed by atoms with Crippen LogP contribution < -0.4 is 5.32 Å². The number of nitrogens with zero attached hydrogens (tertiary/aromatic N) is 1. The van der Waals surface area contributed by atoms with E-state index in [1.165, 1.54) is 0 Å². The first-order chi connectivity index (χ1) is 17.9. The second kappa shape index (κ2) is 12.8. The molecule has 3 N–H and O–H groups in total. The maximum absolute atomic E-state index is 12.9. The van der Waals surface area contributed by atoms with Crippen LogP contribution in [0.1, 0.15) is 27.2 Å². The van der Waals surface area contributed by atoms with E-state index in [1.54, 1.807) is 0 Å². The van der Waals surface area contributed by atoms with Gasteiger partial charge in [0.25, 0.3) is 0 Å². The molecule has 0 aromatic heterocycles. The van der Waals surface area contributed by atoms with Crippen LogP contribution in [0.15, 0.2) is 0 Å². The molecule has 1 fully saturated rings. The van der Waals surface area contributed by atoms with Crippen LogP contribution in [0.5, 0.6) is 0 Å². The van der Waals surface area contributed by atoms with Gasteiger partial charge < -0.3 is 10.0 Å². The van der Waals surface area contributed by atoms with Crippen molar-refractivity contribution in [2.75, 3.05) is 7.05 Å². The molecule has 20 heteroatoms. The van der Waals surface area contributed by atoms with Crippen molar-refractivity contribution in [2.45, 2.75) is 38.8 Å². The van der Waals surface area contributed by atoms with Gasteiger partial charge in [-0.25, -0.2) is 58.1 Å². The zero-order valence-electron chi connectivity index (χ0n) is 20.3. The second-order valence-corrected chi connectivity index (χ2v) is 7.48. The minimum Gasteiger partial charge on any atom is -0.377 e. The van der Waals surface area contributed by atoms with E-state index in [4.69, 9.17) is 5.41 Å². The van der Waals surface area contributed by atoms with Crippen molar-refractivity contribution in [3.8, 4) is 0 Å². The number of likely N-dealkylation sites (N-methyl/N-ethyl adjacent to an activating group) is 1. The molecule has 0 spiro atoms. The molecular weight excluding hydrogens is 542 g/mol. The van der Waals surface area contributed by atoms with E-state index in [9.17, 15) is 53.1 Å². The number of rotatable bonds is 9. The number of Topliss-reactive ketones (excluding diaryl/α,β-unsaturated/α-hetero) is 3. The minimum atomic E-state index is -3.74. The Bertz CT molecular complexity index is 1160. The normalized spacial score (nSPS) is 16.4. The van der Waals surface area contributed by atoms with Crippen LogP contribution in [0.2, 0.25) is 0 Å². The lowest BCUT2D eigenvalue weighted by Gasteiger charge is -2.34. The topological polar surface area (TPSA) is 285 Å². The molecule has 1 aliphatic rings. The summed E-state index contributed by atoms with van der Waals surface area (Å²) in [5, 5.41) is 20.8. The molecule has 1 aliphatic heterocycles. The zero-order valence-corrected chi connectivity index (χ0v) is 20.3. The summed E-state index contributed by atoms with van der Waals surface area (Å²) in [6.07, 6.45) is -1.81. The third-order valence-corrected chi connectivity index (χ3v) is 4.60. The van der Waals surface area contributed by atoms with Crippen molar-refractivity contribution in [3.05, 3.63) is 0 Å². The highest BCUT2D eigenvalue weighted by Gasteiger charge is 2.61. The Balaban J connectivity index is 3.56. The van der Waals surface area contributed by atoms with Crippen molar-refractivity contribution in [1.82, 2.24) is 10.2 Å². The lowest BCUT2D eigenvalue weighted by atomic mass is 9.79. The van der Waals surface area contributed by atoms with Gasteiger partial charge in [-0.2, -0.15) is 0 Å². The maximum atomic E-state index is 12.9. The molecule has 3 unspecified atom stereocenters. The second-order valence-electron chi connectivity index (χ2n) is 7.48. The quantitative estimate of drug-likeness (QED) is 0.137. The van der Waals surface area contributed by atoms with Crippen molar-refractivity contribution in [2.24, 2.45) is 5.92 Å². The van der Waals surface area contributed by atoms with Crippen LogP contribution in [0, 0.1) is 11.3 Å². The summed E-state index contributed by atoms with van der Waals surface area (Å²) >= 11 is 0. The van der Waals surface area contributed by atoms with E-state index in [0.717, 1.165) is 7.05 Å². The molecule has 1 rings (SSSR count). The number of hydrogen-bond acceptors (Lipinski definition) is 18. The first-order valence-corrected chi connectivity index (χ1v) is 10.1. The van der Waals surface area contributed by atoms with E-state index < -0.39 is 89.0 Å². The van der Waals surface area contributed by atoms with Crippen LogP contribution in [0.3, 0.4) is 0 Å². The van der Waals surface area contributed by atoms with Crippen molar-refractivity contribution < 1.29 is 82.4 Å². The molecule has 1 heterocycles. The molecule has 1 saturated heterocycles. The number of carbonyl (C=O) groups is 10. The number of ketones is 3. The summed E-state index contributed by atoms with van der Waals surface area (Å²) < 4.78 is 0. The smallest absolute Gasteiger partial charge is 0.377 e. The van der Waals surface area contributed by atoms with Gasteiger partial charge in [-0.15, -0.1) is 0 Å².